The highest BCUT2D eigenvalue weighted by Gasteiger charge is 2.25. The molecule has 1 aromatic heterocycles. The second-order valence-electron chi connectivity index (χ2n) is 10.3. The molecule has 3 aromatic rings. The first-order valence-electron chi connectivity index (χ1n) is 13.0. The molecule has 5 nitrogen and oxygen atoms in total. The molecule has 0 spiro atoms. The van der Waals surface area contributed by atoms with E-state index < -0.39 is 11.6 Å². The number of nitrogens with zero attached hydrogens (tertiary/aromatic N) is 2. The van der Waals surface area contributed by atoms with Gasteiger partial charge in [0.15, 0.2) is 17.3 Å². The molecule has 7 heteroatoms. The highest BCUT2D eigenvalue weighted by molar-refractivity contribution is 6.32. The number of ketones is 1. The number of Topliss-reactive ketones (excluding diaryl/α,β-unsaturated/α-hetero) is 1. The van der Waals surface area contributed by atoms with Gasteiger partial charge in [-0.25, -0.2) is 4.39 Å². The SMILES string of the molecule is CC(=O)c1cnc2ccc(-c3cc(F)c(O)c(Cl)c3)cc2c1NC1CCC(CN2CCCCC2)CC1. The van der Waals surface area contributed by atoms with Gasteiger partial charge in [-0.3, -0.25) is 9.78 Å². The van der Waals surface area contributed by atoms with Gasteiger partial charge in [0.05, 0.1) is 21.8 Å². The minimum atomic E-state index is -0.770. The fraction of sp³-hybridized carbons (Fsp3) is 0.448. The smallest absolute Gasteiger partial charge is 0.170 e. The second-order valence-corrected chi connectivity index (χ2v) is 10.8. The van der Waals surface area contributed by atoms with Gasteiger partial charge in [0.2, 0.25) is 0 Å². The van der Waals surface area contributed by atoms with Gasteiger partial charge in [0.1, 0.15) is 0 Å². The van der Waals surface area contributed by atoms with Crippen LogP contribution in [0.5, 0.6) is 5.75 Å². The van der Waals surface area contributed by atoms with Crippen LogP contribution in [0.3, 0.4) is 0 Å². The maximum atomic E-state index is 14.2. The number of pyridine rings is 1. The first-order valence-corrected chi connectivity index (χ1v) is 13.4. The number of aromatic hydroxyl groups is 1. The molecule has 36 heavy (non-hydrogen) atoms. The van der Waals surface area contributed by atoms with Crippen LogP contribution in [-0.4, -0.2) is 46.4 Å². The van der Waals surface area contributed by atoms with Gasteiger partial charge < -0.3 is 15.3 Å². The van der Waals surface area contributed by atoms with Crippen molar-refractivity contribution >= 4 is 34.0 Å². The molecule has 0 unspecified atom stereocenters. The topological polar surface area (TPSA) is 65.5 Å². The zero-order valence-electron chi connectivity index (χ0n) is 20.7. The van der Waals surface area contributed by atoms with E-state index in [0.717, 1.165) is 40.9 Å². The van der Waals surface area contributed by atoms with E-state index in [0.29, 0.717) is 11.1 Å². The fourth-order valence-corrected chi connectivity index (χ4v) is 5.94. The molecule has 190 valence electrons. The van der Waals surface area contributed by atoms with Crippen molar-refractivity contribution in [1.29, 1.82) is 0 Å². The molecule has 2 aromatic carbocycles. The highest BCUT2D eigenvalue weighted by atomic mass is 35.5. The number of halogens is 2. The molecule has 2 aliphatic rings. The average Bonchev–Trinajstić information content (AvgIpc) is 2.88. The summed E-state index contributed by atoms with van der Waals surface area (Å²) in [6, 6.07) is 8.73. The Morgan fingerprint density at radius 1 is 1.11 bits per heavy atom. The molecule has 1 aliphatic carbocycles. The number of benzene rings is 2. The number of phenols is 1. The summed E-state index contributed by atoms with van der Waals surface area (Å²) in [6.45, 7) is 5.24. The molecule has 1 saturated carbocycles. The summed E-state index contributed by atoms with van der Waals surface area (Å²) in [4.78, 5) is 19.7. The van der Waals surface area contributed by atoms with Crippen LogP contribution < -0.4 is 5.32 Å². The van der Waals surface area contributed by atoms with Crippen molar-refractivity contribution in [2.45, 2.75) is 57.9 Å². The lowest BCUT2D eigenvalue weighted by Crippen LogP contribution is -2.37. The fourth-order valence-electron chi connectivity index (χ4n) is 5.73. The van der Waals surface area contributed by atoms with E-state index in [1.807, 2.05) is 18.2 Å². The first kappa shape index (κ1) is 25.0. The summed E-state index contributed by atoms with van der Waals surface area (Å²) in [6.07, 6.45) is 10.2. The van der Waals surface area contributed by atoms with Gasteiger partial charge in [-0.2, -0.15) is 0 Å². The van der Waals surface area contributed by atoms with Crippen LogP contribution in [0.2, 0.25) is 5.02 Å². The number of carbonyl (C=O) groups excluding carboxylic acids is 1. The largest absolute Gasteiger partial charge is 0.504 e. The number of phenolic OH excluding ortho intramolecular Hbond substituents is 1. The monoisotopic (exact) mass is 509 g/mol. The van der Waals surface area contributed by atoms with Crippen LogP contribution >= 0.6 is 11.6 Å². The van der Waals surface area contributed by atoms with Crippen LogP contribution in [0.1, 0.15) is 62.2 Å². The summed E-state index contributed by atoms with van der Waals surface area (Å²) in [5.41, 5.74) is 3.40. The Bertz CT molecular complexity index is 1240. The van der Waals surface area contributed by atoms with Gasteiger partial charge in [0.25, 0.3) is 0 Å². The Labute approximate surface area is 216 Å². The second kappa shape index (κ2) is 10.7. The Morgan fingerprint density at radius 2 is 1.86 bits per heavy atom. The lowest BCUT2D eigenvalue weighted by Gasteiger charge is -2.35. The molecular formula is C29H33ClFN3O2. The Hall–Kier alpha value is -2.70. The van der Waals surface area contributed by atoms with E-state index in [1.54, 1.807) is 19.2 Å². The standard InChI is InChI=1S/C29H33ClFN3O2/c1-18(35)24-16-32-27-10-7-20(21-14-25(30)29(36)26(31)15-21)13-23(27)28(24)33-22-8-5-19(6-9-22)17-34-11-3-2-4-12-34/h7,10,13-16,19,22,36H,2-6,8-9,11-12,17H2,1H3,(H,32,33). The van der Waals surface area contributed by atoms with Crippen LogP contribution in [0.25, 0.3) is 22.0 Å². The number of nitrogens with one attached hydrogen (secondary N) is 1. The van der Waals surface area contributed by atoms with Crippen LogP contribution in [0.4, 0.5) is 10.1 Å². The number of hydrogen-bond donors (Lipinski definition) is 2. The number of anilines is 1. The average molecular weight is 510 g/mol. The minimum absolute atomic E-state index is 0.0413. The van der Waals surface area contributed by atoms with Crippen molar-refractivity contribution in [3.05, 3.63) is 52.9 Å². The molecule has 5 rings (SSSR count). The van der Waals surface area contributed by atoms with Crippen molar-refractivity contribution in [1.82, 2.24) is 9.88 Å². The van der Waals surface area contributed by atoms with Crippen molar-refractivity contribution in [2.75, 3.05) is 25.0 Å². The summed E-state index contributed by atoms with van der Waals surface area (Å²) in [5.74, 6) is -0.633. The molecular weight excluding hydrogens is 477 g/mol. The zero-order chi connectivity index (χ0) is 25.2. The van der Waals surface area contributed by atoms with Crippen molar-refractivity contribution < 1.29 is 14.3 Å². The van der Waals surface area contributed by atoms with Gasteiger partial charge in [-0.15, -0.1) is 0 Å². The van der Waals surface area contributed by atoms with Crippen molar-refractivity contribution in [2.24, 2.45) is 5.92 Å². The molecule has 0 amide bonds. The molecule has 1 saturated heterocycles. The summed E-state index contributed by atoms with van der Waals surface area (Å²) in [7, 11) is 0. The minimum Gasteiger partial charge on any atom is -0.504 e. The zero-order valence-corrected chi connectivity index (χ0v) is 21.5. The molecule has 2 N–H and O–H groups in total. The van der Waals surface area contributed by atoms with Gasteiger partial charge in [0, 0.05) is 24.2 Å². The third-order valence-electron chi connectivity index (χ3n) is 7.76. The Kier molecular flexibility index (Phi) is 7.44. The molecule has 1 aliphatic heterocycles. The summed E-state index contributed by atoms with van der Waals surface area (Å²) < 4.78 is 14.2. The molecule has 0 atom stereocenters. The predicted molar refractivity (Wildman–Crippen MR) is 143 cm³/mol. The van der Waals surface area contributed by atoms with E-state index in [4.69, 9.17) is 11.6 Å². The number of aromatic nitrogens is 1. The molecule has 0 radical (unpaired) electrons. The quantitative estimate of drug-likeness (QED) is 0.348. The molecule has 2 heterocycles. The number of carbonyl (C=O) groups is 1. The van der Waals surface area contributed by atoms with Crippen LogP contribution in [0.15, 0.2) is 36.5 Å². The van der Waals surface area contributed by atoms with Crippen LogP contribution in [-0.2, 0) is 0 Å². The van der Waals surface area contributed by atoms with E-state index in [-0.39, 0.29) is 16.8 Å². The van der Waals surface area contributed by atoms with E-state index >= 15 is 0 Å². The number of likely N-dealkylation sites (tertiary alicyclic amines) is 1. The first-order chi connectivity index (χ1) is 17.4. The lowest BCUT2D eigenvalue weighted by molar-refractivity contribution is 0.101. The Balaban J connectivity index is 1.40. The normalized spacial score (nSPS) is 21.0. The summed E-state index contributed by atoms with van der Waals surface area (Å²) >= 11 is 6.02. The van der Waals surface area contributed by atoms with Gasteiger partial charge in [-0.1, -0.05) is 24.1 Å². The number of hydrogen-bond acceptors (Lipinski definition) is 5. The van der Waals surface area contributed by atoms with Gasteiger partial charge >= 0.3 is 0 Å². The van der Waals surface area contributed by atoms with E-state index in [1.165, 1.54) is 57.8 Å². The van der Waals surface area contributed by atoms with Crippen molar-refractivity contribution in [3.8, 4) is 16.9 Å². The molecule has 0 bridgehead atoms. The van der Waals surface area contributed by atoms with Crippen molar-refractivity contribution in [3.63, 3.8) is 0 Å². The van der Waals surface area contributed by atoms with Crippen LogP contribution in [0, 0.1) is 11.7 Å². The number of piperidine rings is 1. The van der Waals surface area contributed by atoms with Gasteiger partial charge in [-0.05, 0) is 99.8 Å². The number of fused-ring (bicyclic) bond motifs is 1. The summed E-state index contributed by atoms with van der Waals surface area (Å²) in [5, 5.41) is 14.2. The number of rotatable bonds is 6. The van der Waals surface area contributed by atoms with E-state index in [9.17, 15) is 14.3 Å². The predicted octanol–water partition coefficient (Wildman–Crippen LogP) is 7.06. The molecule has 2 fully saturated rings. The maximum absolute atomic E-state index is 14.2. The third kappa shape index (κ3) is 5.35. The highest BCUT2D eigenvalue weighted by Crippen LogP contribution is 2.37. The van der Waals surface area contributed by atoms with E-state index in [2.05, 4.69) is 15.2 Å². The lowest BCUT2D eigenvalue weighted by atomic mass is 9.85. The Morgan fingerprint density at radius 3 is 2.56 bits per heavy atom. The third-order valence-corrected chi connectivity index (χ3v) is 8.05. The maximum Gasteiger partial charge on any atom is 0.170 e.